The van der Waals surface area contributed by atoms with Gasteiger partial charge in [-0.1, -0.05) is 18.2 Å². The summed E-state index contributed by atoms with van der Waals surface area (Å²) in [6, 6.07) is 8.84. The van der Waals surface area contributed by atoms with E-state index in [4.69, 9.17) is 10.7 Å². The van der Waals surface area contributed by atoms with Crippen molar-refractivity contribution in [2.75, 3.05) is 0 Å². The average molecular weight is 310 g/mol. The van der Waals surface area contributed by atoms with E-state index in [1.807, 2.05) is 6.07 Å². The smallest absolute Gasteiger partial charge is 0.285 e. The van der Waals surface area contributed by atoms with Gasteiger partial charge in [-0.2, -0.15) is 5.10 Å². The maximum atomic E-state index is 11.6. The second-order valence-electron chi connectivity index (χ2n) is 3.90. The number of benzene rings is 1. The molecule has 0 amide bonds. The molecule has 0 saturated carbocycles. The molecule has 0 bridgehead atoms. The Morgan fingerprint density at radius 1 is 1.15 bits per heavy atom. The summed E-state index contributed by atoms with van der Waals surface area (Å²) in [5.74, 6) is 0.337. The van der Waals surface area contributed by atoms with E-state index in [9.17, 15) is 8.42 Å². The van der Waals surface area contributed by atoms with Gasteiger partial charge in [-0.3, -0.25) is 9.67 Å². The molecule has 3 rings (SSSR count). The fraction of sp³-hybridized carbons (Fsp3) is 0. The summed E-state index contributed by atoms with van der Waals surface area (Å²) in [7, 11) is 1.39. The van der Waals surface area contributed by atoms with Crippen molar-refractivity contribution in [3.05, 3.63) is 42.7 Å². The largest absolute Gasteiger partial charge is 0.297 e. The van der Waals surface area contributed by atoms with E-state index < -0.39 is 9.05 Å². The zero-order valence-electron chi connectivity index (χ0n) is 9.93. The van der Waals surface area contributed by atoms with Gasteiger partial charge < -0.3 is 0 Å². The lowest BCUT2D eigenvalue weighted by atomic mass is 10.3. The molecule has 0 spiro atoms. The molecule has 0 aliphatic carbocycles. The first kappa shape index (κ1) is 12.8. The number of hydrogen-bond acceptors (Lipinski definition) is 5. The predicted molar refractivity (Wildman–Crippen MR) is 72.0 cm³/mol. The molecule has 1 N–H and O–H groups in total. The third kappa shape index (κ3) is 2.19. The van der Waals surface area contributed by atoms with Crippen molar-refractivity contribution in [2.45, 2.75) is 5.16 Å². The number of aromatic nitrogens is 5. The molecular weight excluding hydrogens is 302 g/mol. The SMILES string of the molecule is O=S(=O)(Cl)c1nnc(-c2cn[nH]c2)n1-c1ccccc1. The number of H-pyrrole nitrogens is 1. The Morgan fingerprint density at radius 3 is 2.50 bits per heavy atom. The molecule has 7 nitrogen and oxygen atoms in total. The first-order valence-corrected chi connectivity index (χ1v) is 7.83. The molecule has 0 atom stereocenters. The van der Waals surface area contributed by atoms with Crippen molar-refractivity contribution in [3.8, 4) is 17.1 Å². The minimum atomic E-state index is -4.02. The average Bonchev–Trinajstić information content (AvgIpc) is 3.07. The molecule has 0 fully saturated rings. The molecule has 0 radical (unpaired) electrons. The highest BCUT2D eigenvalue weighted by Gasteiger charge is 2.24. The Balaban J connectivity index is 2.31. The third-order valence-electron chi connectivity index (χ3n) is 2.62. The second kappa shape index (κ2) is 4.73. The van der Waals surface area contributed by atoms with Crippen LogP contribution in [0.1, 0.15) is 0 Å². The van der Waals surface area contributed by atoms with Crippen LogP contribution in [0, 0.1) is 0 Å². The Bertz CT molecular complexity index is 827. The first-order chi connectivity index (χ1) is 9.57. The molecule has 102 valence electrons. The number of nitrogens with zero attached hydrogens (tertiary/aromatic N) is 4. The zero-order valence-corrected chi connectivity index (χ0v) is 11.5. The number of rotatable bonds is 3. The van der Waals surface area contributed by atoms with Crippen molar-refractivity contribution < 1.29 is 8.42 Å². The van der Waals surface area contributed by atoms with Gasteiger partial charge in [0, 0.05) is 22.6 Å². The van der Waals surface area contributed by atoms with Crippen LogP contribution in [0.25, 0.3) is 17.1 Å². The maximum Gasteiger partial charge on any atom is 0.297 e. The third-order valence-corrected chi connectivity index (χ3v) is 3.74. The Kier molecular flexibility index (Phi) is 3.03. The second-order valence-corrected chi connectivity index (χ2v) is 6.36. The van der Waals surface area contributed by atoms with Crippen molar-refractivity contribution in [1.29, 1.82) is 0 Å². The predicted octanol–water partition coefficient (Wildman–Crippen LogP) is 1.58. The Labute approximate surface area is 118 Å². The van der Waals surface area contributed by atoms with Crippen LogP contribution in [0.3, 0.4) is 0 Å². The van der Waals surface area contributed by atoms with Crippen LogP contribution in [0.2, 0.25) is 0 Å². The normalized spacial score (nSPS) is 11.7. The summed E-state index contributed by atoms with van der Waals surface area (Å²) in [6.45, 7) is 0. The lowest BCUT2D eigenvalue weighted by molar-refractivity contribution is 0.597. The van der Waals surface area contributed by atoms with Gasteiger partial charge in [-0.05, 0) is 12.1 Å². The number of hydrogen-bond donors (Lipinski definition) is 1. The van der Waals surface area contributed by atoms with Crippen LogP contribution in [0.15, 0.2) is 47.9 Å². The quantitative estimate of drug-likeness (QED) is 0.741. The van der Waals surface area contributed by atoms with Crippen molar-refractivity contribution in [3.63, 3.8) is 0 Å². The van der Waals surface area contributed by atoms with Gasteiger partial charge >= 0.3 is 0 Å². The zero-order chi connectivity index (χ0) is 14.2. The number of halogens is 1. The van der Waals surface area contributed by atoms with Crippen LogP contribution < -0.4 is 0 Å². The van der Waals surface area contributed by atoms with E-state index in [2.05, 4.69) is 20.4 Å². The number of aromatic amines is 1. The van der Waals surface area contributed by atoms with Crippen LogP contribution in [0.4, 0.5) is 0 Å². The summed E-state index contributed by atoms with van der Waals surface area (Å²) in [5.41, 5.74) is 1.20. The van der Waals surface area contributed by atoms with Crippen molar-refractivity contribution in [2.24, 2.45) is 0 Å². The van der Waals surface area contributed by atoms with Crippen LogP contribution in [0.5, 0.6) is 0 Å². The van der Waals surface area contributed by atoms with E-state index in [-0.39, 0.29) is 5.16 Å². The van der Waals surface area contributed by atoms with Crippen LogP contribution >= 0.6 is 10.7 Å². The van der Waals surface area contributed by atoms with Crippen LogP contribution in [-0.4, -0.2) is 33.4 Å². The maximum absolute atomic E-state index is 11.6. The van der Waals surface area contributed by atoms with E-state index in [0.29, 0.717) is 17.1 Å². The number of nitrogens with one attached hydrogen (secondary N) is 1. The van der Waals surface area contributed by atoms with Gasteiger partial charge in [0.15, 0.2) is 5.82 Å². The van der Waals surface area contributed by atoms with E-state index >= 15 is 0 Å². The molecular formula is C11H8ClN5O2S. The summed E-state index contributed by atoms with van der Waals surface area (Å²) in [4.78, 5) is 0. The van der Waals surface area contributed by atoms with Crippen molar-refractivity contribution >= 4 is 19.7 Å². The summed E-state index contributed by atoms with van der Waals surface area (Å²) in [6.07, 6.45) is 3.11. The van der Waals surface area contributed by atoms with Gasteiger partial charge in [0.25, 0.3) is 14.2 Å². The molecule has 0 unspecified atom stereocenters. The number of para-hydroxylation sites is 1. The summed E-state index contributed by atoms with van der Waals surface area (Å²) in [5, 5.41) is 13.7. The van der Waals surface area contributed by atoms with Crippen LogP contribution in [-0.2, 0) is 9.05 Å². The lowest BCUT2D eigenvalue weighted by Gasteiger charge is -2.07. The van der Waals surface area contributed by atoms with Gasteiger partial charge in [-0.15, -0.1) is 10.2 Å². The highest BCUT2D eigenvalue weighted by Crippen LogP contribution is 2.25. The molecule has 0 aliphatic rings. The minimum Gasteiger partial charge on any atom is -0.285 e. The summed E-state index contributed by atoms with van der Waals surface area (Å²) >= 11 is 0. The fourth-order valence-corrected chi connectivity index (χ4v) is 2.65. The minimum absolute atomic E-state index is 0.332. The summed E-state index contributed by atoms with van der Waals surface area (Å²) < 4.78 is 24.6. The Morgan fingerprint density at radius 2 is 1.90 bits per heavy atom. The highest BCUT2D eigenvalue weighted by molar-refractivity contribution is 8.13. The molecule has 9 heteroatoms. The Hall–Kier alpha value is -2.19. The topological polar surface area (TPSA) is 93.5 Å². The van der Waals surface area contributed by atoms with Gasteiger partial charge in [-0.25, -0.2) is 8.42 Å². The molecule has 20 heavy (non-hydrogen) atoms. The molecule has 0 saturated heterocycles. The lowest BCUT2D eigenvalue weighted by Crippen LogP contribution is -2.05. The molecule has 0 aliphatic heterocycles. The van der Waals surface area contributed by atoms with Gasteiger partial charge in [0.1, 0.15) is 0 Å². The standard InChI is InChI=1S/C11H8ClN5O2S/c12-20(18,19)11-16-15-10(8-6-13-14-7-8)17(11)9-4-2-1-3-5-9/h1-7H,(H,13,14). The highest BCUT2D eigenvalue weighted by atomic mass is 35.7. The van der Waals surface area contributed by atoms with Gasteiger partial charge in [0.2, 0.25) is 0 Å². The van der Waals surface area contributed by atoms with Crippen molar-refractivity contribution in [1.82, 2.24) is 25.0 Å². The molecule has 2 aromatic heterocycles. The fourth-order valence-electron chi connectivity index (χ4n) is 1.80. The van der Waals surface area contributed by atoms with Gasteiger partial charge in [0.05, 0.1) is 11.8 Å². The molecule has 2 heterocycles. The first-order valence-electron chi connectivity index (χ1n) is 5.52. The van der Waals surface area contributed by atoms with E-state index in [1.54, 1.807) is 30.5 Å². The monoisotopic (exact) mass is 309 g/mol. The molecule has 3 aromatic rings. The molecule has 1 aromatic carbocycles. The van der Waals surface area contributed by atoms with E-state index in [0.717, 1.165) is 0 Å². The van der Waals surface area contributed by atoms with E-state index in [1.165, 1.54) is 10.8 Å².